The Bertz CT molecular complexity index is 346. The number of hydrogen-bond donors (Lipinski definition) is 2. The van der Waals surface area contributed by atoms with E-state index in [0.29, 0.717) is 18.4 Å². The standard InChI is InChI=1S/C13H19NO2/c1-2-16-13-9-10(6-7-12(13)15)11-5-3-4-8-14-11/h6-7,9,11,14-15H,2-5,8H2,1H3. The summed E-state index contributed by atoms with van der Waals surface area (Å²) in [4.78, 5) is 0. The second-order valence-corrected chi connectivity index (χ2v) is 4.16. The molecule has 0 aromatic heterocycles. The van der Waals surface area contributed by atoms with Crippen molar-refractivity contribution in [1.29, 1.82) is 0 Å². The molecule has 0 saturated carbocycles. The molecule has 0 amide bonds. The van der Waals surface area contributed by atoms with Gasteiger partial charge in [-0.15, -0.1) is 0 Å². The van der Waals surface area contributed by atoms with Crippen molar-refractivity contribution in [3.8, 4) is 11.5 Å². The lowest BCUT2D eigenvalue weighted by Gasteiger charge is -2.24. The Morgan fingerprint density at radius 3 is 3.00 bits per heavy atom. The number of nitrogens with one attached hydrogen (secondary N) is 1. The van der Waals surface area contributed by atoms with Gasteiger partial charge in [-0.05, 0) is 44.0 Å². The summed E-state index contributed by atoms with van der Waals surface area (Å²) in [6.45, 7) is 3.58. The zero-order chi connectivity index (χ0) is 11.4. The highest BCUT2D eigenvalue weighted by atomic mass is 16.5. The van der Waals surface area contributed by atoms with Crippen LogP contribution in [0.5, 0.6) is 11.5 Å². The Morgan fingerprint density at radius 2 is 2.31 bits per heavy atom. The quantitative estimate of drug-likeness (QED) is 0.824. The third-order valence-electron chi connectivity index (χ3n) is 3.00. The molecule has 1 saturated heterocycles. The lowest BCUT2D eigenvalue weighted by Crippen LogP contribution is -2.26. The molecule has 16 heavy (non-hydrogen) atoms. The van der Waals surface area contributed by atoms with Crippen LogP contribution in [0.4, 0.5) is 0 Å². The van der Waals surface area contributed by atoms with E-state index in [1.807, 2.05) is 19.1 Å². The first-order valence-corrected chi connectivity index (χ1v) is 6.00. The lowest BCUT2D eigenvalue weighted by atomic mass is 9.97. The predicted octanol–water partition coefficient (Wildman–Crippen LogP) is 2.61. The van der Waals surface area contributed by atoms with Crippen LogP contribution in [0.1, 0.15) is 37.8 Å². The molecule has 0 spiro atoms. The van der Waals surface area contributed by atoms with Crippen LogP contribution >= 0.6 is 0 Å². The van der Waals surface area contributed by atoms with E-state index >= 15 is 0 Å². The van der Waals surface area contributed by atoms with E-state index in [1.165, 1.54) is 18.4 Å². The molecule has 1 aromatic carbocycles. The topological polar surface area (TPSA) is 41.5 Å². The fraction of sp³-hybridized carbons (Fsp3) is 0.538. The zero-order valence-corrected chi connectivity index (χ0v) is 9.70. The van der Waals surface area contributed by atoms with Gasteiger partial charge in [0.25, 0.3) is 0 Å². The number of phenols is 1. The summed E-state index contributed by atoms with van der Waals surface area (Å²) in [6.07, 6.45) is 3.69. The van der Waals surface area contributed by atoms with Crippen molar-refractivity contribution in [3.05, 3.63) is 23.8 Å². The van der Waals surface area contributed by atoms with Gasteiger partial charge in [0.15, 0.2) is 11.5 Å². The fourth-order valence-corrected chi connectivity index (χ4v) is 2.15. The maximum atomic E-state index is 9.62. The van der Waals surface area contributed by atoms with Crippen LogP contribution in [0, 0.1) is 0 Å². The van der Waals surface area contributed by atoms with Crippen LogP contribution in [0.3, 0.4) is 0 Å². The number of piperidine rings is 1. The first-order chi connectivity index (χ1) is 7.81. The van der Waals surface area contributed by atoms with Crippen molar-refractivity contribution in [2.75, 3.05) is 13.2 Å². The minimum Gasteiger partial charge on any atom is -0.504 e. The Kier molecular flexibility index (Phi) is 3.67. The number of aromatic hydroxyl groups is 1. The molecule has 1 aliphatic rings. The van der Waals surface area contributed by atoms with Crippen molar-refractivity contribution in [1.82, 2.24) is 5.32 Å². The van der Waals surface area contributed by atoms with E-state index in [2.05, 4.69) is 5.32 Å². The van der Waals surface area contributed by atoms with E-state index in [9.17, 15) is 5.11 Å². The average Bonchev–Trinajstić information content (AvgIpc) is 2.33. The van der Waals surface area contributed by atoms with Gasteiger partial charge in [-0.2, -0.15) is 0 Å². The molecule has 1 fully saturated rings. The number of benzene rings is 1. The minimum absolute atomic E-state index is 0.224. The summed E-state index contributed by atoms with van der Waals surface area (Å²) >= 11 is 0. The highest BCUT2D eigenvalue weighted by Gasteiger charge is 2.16. The summed E-state index contributed by atoms with van der Waals surface area (Å²) in [6, 6.07) is 6.05. The smallest absolute Gasteiger partial charge is 0.161 e. The second-order valence-electron chi connectivity index (χ2n) is 4.16. The van der Waals surface area contributed by atoms with Crippen molar-refractivity contribution in [2.45, 2.75) is 32.2 Å². The lowest BCUT2D eigenvalue weighted by molar-refractivity contribution is 0.316. The van der Waals surface area contributed by atoms with E-state index in [0.717, 1.165) is 13.0 Å². The molecule has 3 nitrogen and oxygen atoms in total. The van der Waals surface area contributed by atoms with Crippen LogP contribution in [0.15, 0.2) is 18.2 Å². The van der Waals surface area contributed by atoms with Crippen LogP contribution in [0.25, 0.3) is 0 Å². The Hall–Kier alpha value is -1.22. The average molecular weight is 221 g/mol. The molecular formula is C13H19NO2. The molecule has 0 radical (unpaired) electrons. The highest BCUT2D eigenvalue weighted by Crippen LogP contribution is 2.31. The van der Waals surface area contributed by atoms with Crippen molar-refractivity contribution in [3.63, 3.8) is 0 Å². The third-order valence-corrected chi connectivity index (χ3v) is 3.00. The van der Waals surface area contributed by atoms with Gasteiger partial charge in [-0.3, -0.25) is 0 Å². The van der Waals surface area contributed by atoms with Gasteiger partial charge in [-0.25, -0.2) is 0 Å². The van der Waals surface area contributed by atoms with Crippen LogP contribution < -0.4 is 10.1 Å². The molecule has 1 atom stereocenters. The summed E-state index contributed by atoms with van der Waals surface area (Å²) in [5.41, 5.74) is 1.21. The second kappa shape index (κ2) is 5.21. The largest absolute Gasteiger partial charge is 0.504 e. The highest BCUT2D eigenvalue weighted by molar-refractivity contribution is 5.42. The van der Waals surface area contributed by atoms with Gasteiger partial charge in [0.2, 0.25) is 0 Å². The van der Waals surface area contributed by atoms with E-state index in [4.69, 9.17) is 4.74 Å². The molecule has 1 unspecified atom stereocenters. The van der Waals surface area contributed by atoms with E-state index < -0.39 is 0 Å². The van der Waals surface area contributed by atoms with Gasteiger partial charge < -0.3 is 15.2 Å². The molecule has 0 aliphatic carbocycles. The summed E-state index contributed by atoms with van der Waals surface area (Å²) in [7, 11) is 0. The van der Waals surface area contributed by atoms with E-state index in [-0.39, 0.29) is 5.75 Å². The zero-order valence-electron chi connectivity index (χ0n) is 9.70. The molecule has 1 heterocycles. The van der Waals surface area contributed by atoms with Crippen LogP contribution in [0.2, 0.25) is 0 Å². The summed E-state index contributed by atoms with van der Waals surface area (Å²) in [5, 5.41) is 13.1. The van der Waals surface area contributed by atoms with Crippen molar-refractivity contribution in [2.24, 2.45) is 0 Å². The first kappa shape index (κ1) is 11.3. The van der Waals surface area contributed by atoms with E-state index in [1.54, 1.807) is 6.07 Å². The summed E-state index contributed by atoms with van der Waals surface area (Å²) in [5.74, 6) is 0.814. The molecule has 1 aromatic rings. The van der Waals surface area contributed by atoms with Gasteiger partial charge >= 0.3 is 0 Å². The summed E-state index contributed by atoms with van der Waals surface area (Å²) < 4.78 is 5.39. The molecule has 3 heteroatoms. The number of phenolic OH excluding ortho intramolecular Hbond substituents is 1. The van der Waals surface area contributed by atoms with Crippen LogP contribution in [-0.2, 0) is 0 Å². The van der Waals surface area contributed by atoms with Crippen molar-refractivity contribution >= 4 is 0 Å². The minimum atomic E-state index is 0.224. The van der Waals surface area contributed by atoms with Gasteiger partial charge in [0.05, 0.1) is 6.61 Å². The predicted molar refractivity (Wildman–Crippen MR) is 63.9 cm³/mol. The van der Waals surface area contributed by atoms with Crippen LogP contribution in [-0.4, -0.2) is 18.3 Å². The third kappa shape index (κ3) is 2.47. The number of hydrogen-bond acceptors (Lipinski definition) is 3. The Balaban J connectivity index is 2.17. The van der Waals surface area contributed by atoms with Gasteiger partial charge in [0.1, 0.15) is 0 Å². The molecule has 88 valence electrons. The van der Waals surface area contributed by atoms with Crippen molar-refractivity contribution < 1.29 is 9.84 Å². The van der Waals surface area contributed by atoms with Gasteiger partial charge in [-0.1, -0.05) is 12.5 Å². The maximum absolute atomic E-state index is 9.62. The Morgan fingerprint density at radius 1 is 1.44 bits per heavy atom. The molecular weight excluding hydrogens is 202 g/mol. The monoisotopic (exact) mass is 221 g/mol. The number of ether oxygens (including phenoxy) is 1. The number of rotatable bonds is 3. The molecule has 0 bridgehead atoms. The fourth-order valence-electron chi connectivity index (χ4n) is 2.15. The molecule has 1 aliphatic heterocycles. The molecule has 2 rings (SSSR count). The first-order valence-electron chi connectivity index (χ1n) is 6.00. The maximum Gasteiger partial charge on any atom is 0.161 e. The SMILES string of the molecule is CCOc1cc(C2CCCCN2)ccc1O. The Labute approximate surface area is 96.4 Å². The molecule has 2 N–H and O–H groups in total. The van der Waals surface area contributed by atoms with Gasteiger partial charge in [0, 0.05) is 6.04 Å². The normalized spacial score (nSPS) is 20.7.